The summed E-state index contributed by atoms with van der Waals surface area (Å²) in [7, 11) is 1.53. The van der Waals surface area contributed by atoms with Crippen molar-refractivity contribution in [1.82, 2.24) is 10.2 Å². The third-order valence-electron chi connectivity index (χ3n) is 3.87. The molecule has 2 aromatic rings. The van der Waals surface area contributed by atoms with Gasteiger partial charge in [0, 0.05) is 17.5 Å². The number of hydrogen-bond donors (Lipinski definition) is 2. The lowest BCUT2D eigenvalue weighted by Crippen LogP contribution is -2.41. The van der Waals surface area contributed by atoms with Gasteiger partial charge in [-0.05, 0) is 37.4 Å². The maximum absolute atomic E-state index is 12.2. The van der Waals surface area contributed by atoms with Crippen molar-refractivity contribution in [3.63, 3.8) is 0 Å². The number of benzene rings is 2. The van der Waals surface area contributed by atoms with Crippen molar-refractivity contribution in [3.05, 3.63) is 59.7 Å². The van der Waals surface area contributed by atoms with Crippen molar-refractivity contribution in [3.8, 4) is 0 Å². The maximum atomic E-state index is 12.2. The zero-order chi connectivity index (χ0) is 19.8. The number of carbonyl (C=O) groups is 3. The van der Waals surface area contributed by atoms with Crippen LogP contribution in [0.5, 0.6) is 0 Å². The first kappa shape index (κ1) is 20.5. The fourth-order valence-corrected chi connectivity index (χ4v) is 2.97. The van der Waals surface area contributed by atoms with Gasteiger partial charge in [0.05, 0.1) is 18.8 Å². The van der Waals surface area contributed by atoms with E-state index in [9.17, 15) is 14.4 Å². The van der Waals surface area contributed by atoms with Crippen LogP contribution in [0.2, 0.25) is 0 Å². The van der Waals surface area contributed by atoms with E-state index >= 15 is 0 Å². The van der Waals surface area contributed by atoms with Crippen LogP contribution in [0.1, 0.15) is 15.9 Å². The molecule has 0 aliphatic rings. The molecule has 142 valence electrons. The van der Waals surface area contributed by atoms with Crippen molar-refractivity contribution in [2.45, 2.75) is 11.8 Å². The summed E-state index contributed by atoms with van der Waals surface area (Å²) in [6.07, 6.45) is 1.93. The highest BCUT2D eigenvalue weighted by atomic mass is 32.2. The Hall–Kier alpha value is -2.80. The molecule has 0 fully saturated rings. The topological polar surface area (TPSA) is 78.5 Å². The second-order valence-corrected chi connectivity index (χ2v) is 6.90. The van der Waals surface area contributed by atoms with Crippen LogP contribution in [0.25, 0.3) is 0 Å². The first-order valence-corrected chi connectivity index (χ1v) is 9.65. The van der Waals surface area contributed by atoms with Gasteiger partial charge in [0.2, 0.25) is 11.8 Å². The number of nitrogens with one attached hydrogen (secondary N) is 2. The molecule has 7 heteroatoms. The zero-order valence-corrected chi connectivity index (χ0v) is 16.4. The highest BCUT2D eigenvalue weighted by molar-refractivity contribution is 7.98. The number of hydrogen-bond acceptors (Lipinski definition) is 4. The van der Waals surface area contributed by atoms with E-state index in [0.717, 1.165) is 10.5 Å². The second-order valence-electron chi connectivity index (χ2n) is 6.05. The summed E-state index contributed by atoms with van der Waals surface area (Å²) in [6.45, 7) is 1.63. The lowest BCUT2D eigenvalue weighted by Gasteiger charge is -2.18. The molecule has 0 bridgehead atoms. The average Bonchev–Trinajstić information content (AvgIpc) is 2.66. The van der Waals surface area contributed by atoms with Crippen LogP contribution < -0.4 is 10.6 Å². The standard InChI is InChI=1S/C20H23N3O3S/c1-14-7-6-8-15(11-14)20(26)21-12-19(25)23(2)13-18(24)22-16-9-4-5-10-17(16)27-3/h4-11H,12-13H2,1-3H3,(H,21,26)(H,22,24). The quantitative estimate of drug-likeness (QED) is 0.718. The monoisotopic (exact) mass is 385 g/mol. The van der Waals surface area contributed by atoms with E-state index in [2.05, 4.69) is 10.6 Å². The molecule has 0 saturated carbocycles. The Balaban J connectivity index is 1.84. The molecule has 2 N–H and O–H groups in total. The second kappa shape index (κ2) is 9.78. The Labute approximate surface area is 163 Å². The summed E-state index contributed by atoms with van der Waals surface area (Å²) >= 11 is 1.53. The van der Waals surface area contributed by atoms with E-state index in [4.69, 9.17) is 0 Å². The first-order chi connectivity index (χ1) is 12.9. The highest BCUT2D eigenvalue weighted by Crippen LogP contribution is 2.24. The number of para-hydroxylation sites is 1. The number of rotatable bonds is 7. The molecule has 0 radical (unpaired) electrons. The van der Waals surface area contributed by atoms with Gasteiger partial charge in [0.1, 0.15) is 0 Å². The lowest BCUT2D eigenvalue weighted by atomic mass is 10.1. The highest BCUT2D eigenvalue weighted by Gasteiger charge is 2.15. The number of amides is 3. The van der Waals surface area contributed by atoms with Crippen LogP contribution >= 0.6 is 11.8 Å². The zero-order valence-electron chi connectivity index (χ0n) is 15.6. The number of aryl methyl sites for hydroxylation is 1. The molecule has 3 amide bonds. The van der Waals surface area contributed by atoms with Crippen molar-refractivity contribution in [2.24, 2.45) is 0 Å². The lowest BCUT2D eigenvalue weighted by molar-refractivity contribution is -0.132. The smallest absolute Gasteiger partial charge is 0.251 e. The molecule has 0 heterocycles. The number of carbonyl (C=O) groups excluding carboxylic acids is 3. The fourth-order valence-electron chi connectivity index (χ4n) is 2.42. The van der Waals surface area contributed by atoms with E-state index < -0.39 is 0 Å². The van der Waals surface area contributed by atoms with Crippen LogP contribution in [0.15, 0.2) is 53.4 Å². The third-order valence-corrected chi connectivity index (χ3v) is 4.66. The van der Waals surface area contributed by atoms with E-state index in [1.54, 1.807) is 18.2 Å². The largest absolute Gasteiger partial charge is 0.343 e. The summed E-state index contributed by atoms with van der Waals surface area (Å²) in [6, 6.07) is 14.6. The molecule has 0 aliphatic carbocycles. The van der Waals surface area contributed by atoms with Gasteiger partial charge in [0.25, 0.3) is 5.91 Å². The normalized spacial score (nSPS) is 10.2. The SMILES string of the molecule is CSc1ccccc1NC(=O)CN(C)C(=O)CNC(=O)c1cccc(C)c1. The molecule has 0 unspecified atom stereocenters. The average molecular weight is 385 g/mol. The third kappa shape index (κ3) is 6.14. The fraction of sp³-hybridized carbons (Fsp3) is 0.250. The Morgan fingerprint density at radius 3 is 2.52 bits per heavy atom. The van der Waals surface area contributed by atoms with Gasteiger partial charge in [-0.1, -0.05) is 29.8 Å². The van der Waals surface area contributed by atoms with E-state index in [1.165, 1.54) is 23.7 Å². The van der Waals surface area contributed by atoms with Crippen molar-refractivity contribution < 1.29 is 14.4 Å². The Morgan fingerprint density at radius 2 is 1.81 bits per heavy atom. The molecule has 0 aliphatic heterocycles. The molecular weight excluding hydrogens is 362 g/mol. The maximum Gasteiger partial charge on any atom is 0.251 e. The Kier molecular flexibility index (Phi) is 7.43. The Bertz CT molecular complexity index is 839. The summed E-state index contributed by atoms with van der Waals surface area (Å²) in [5.74, 6) is -0.958. The molecule has 0 spiro atoms. The minimum absolute atomic E-state index is 0.0954. The predicted molar refractivity (Wildman–Crippen MR) is 108 cm³/mol. The van der Waals surface area contributed by atoms with Crippen molar-refractivity contribution in [2.75, 3.05) is 31.7 Å². The van der Waals surface area contributed by atoms with Crippen molar-refractivity contribution in [1.29, 1.82) is 0 Å². The number of thioether (sulfide) groups is 1. The molecule has 0 saturated heterocycles. The van der Waals surface area contributed by atoms with Gasteiger partial charge in [-0.15, -0.1) is 11.8 Å². The van der Waals surface area contributed by atoms with Crippen LogP contribution in [0.3, 0.4) is 0 Å². The molecule has 2 rings (SSSR count). The van der Waals surface area contributed by atoms with E-state index in [1.807, 2.05) is 43.5 Å². The van der Waals surface area contributed by atoms with Crippen molar-refractivity contribution >= 4 is 35.2 Å². The Morgan fingerprint density at radius 1 is 1.07 bits per heavy atom. The van der Waals surface area contributed by atoms with Crippen LogP contribution in [-0.4, -0.2) is 49.0 Å². The molecule has 0 aromatic heterocycles. The van der Waals surface area contributed by atoms with E-state index in [0.29, 0.717) is 11.3 Å². The van der Waals surface area contributed by atoms with E-state index in [-0.39, 0.29) is 30.8 Å². The molecule has 6 nitrogen and oxygen atoms in total. The van der Waals surface area contributed by atoms with Crippen LogP contribution in [0.4, 0.5) is 5.69 Å². The minimum Gasteiger partial charge on any atom is -0.343 e. The molecule has 0 atom stereocenters. The number of likely N-dealkylation sites (N-methyl/N-ethyl adjacent to an activating group) is 1. The molecule has 27 heavy (non-hydrogen) atoms. The summed E-state index contributed by atoms with van der Waals surface area (Å²) in [4.78, 5) is 38.7. The first-order valence-electron chi connectivity index (χ1n) is 8.42. The molecule has 2 aromatic carbocycles. The number of nitrogens with zero attached hydrogens (tertiary/aromatic N) is 1. The summed E-state index contributed by atoms with van der Waals surface area (Å²) < 4.78 is 0. The van der Waals surface area contributed by atoms with Gasteiger partial charge in [-0.25, -0.2) is 0 Å². The number of anilines is 1. The van der Waals surface area contributed by atoms with Gasteiger partial charge in [0.15, 0.2) is 0 Å². The van der Waals surface area contributed by atoms with Gasteiger partial charge in [-0.2, -0.15) is 0 Å². The summed E-state index contributed by atoms with van der Waals surface area (Å²) in [5, 5.41) is 5.39. The van der Waals surface area contributed by atoms with Crippen LogP contribution in [0, 0.1) is 6.92 Å². The van der Waals surface area contributed by atoms with Gasteiger partial charge in [-0.3, -0.25) is 14.4 Å². The van der Waals surface area contributed by atoms with Gasteiger partial charge < -0.3 is 15.5 Å². The summed E-state index contributed by atoms with van der Waals surface area (Å²) in [5.41, 5.74) is 2.17. The molecular formula is C20H23N3O3S. The van der Waals surface area contributed by atoms with Crippen LogP contribution in [-0.2, 0) is 9.59 Å². The minimum atomic E-state index is -0.343. The van der Waals surface area contributed by atoms with Gasteiger partial charge >= 0.3 is 0 Å². The predicted octanol–water partition coefficient (Wildman–Crippen LogP) is 2.54.